The van der Waals surface area contributed by atoms with Gasteiger partial charge in [0.2, 0.25) is 0 Å². The lowest BCUT2D eigenvalue weighted by atomic mass is 10.2. The standard InChI is InChI=1S/C19H25NS/c1-16(2)14-20-15-18-9-6-10-19(13-18)21-12-11-17-7-4-3-5-8-17/h3-10,13,16,20H,11-12,14-15H2,1-2H3. The number of thioether (sulfide) groups is 1. The Hall–Kier alpha value is -1.25. The van der Waals surface area contributed by atoms with Crippen LogP contribution >= 0.6 is 11.8 Å². The van der Waals surface area contributed by atoms with Gasteiger partial charge in [-0.05, 0) is 42.1 Å². The molecular weight excluding hydrogens is 274 g/mol. The highest BCUT2D eigenvalue weighted by Gasteiger charge is 1.99. The van der Waals surface area contributed by atoms with Crippen LogP contribution in [-0.2, 0) is 13.0 Å². The van der Waals surface area contributed by atoms with Crippen molar-refractivity contribution in [3.05, 3.63) is 65.7 Å². The van der Waals surface area contributed by atoms with Gasteiger partial charge in [-0.2, -0.15) is 0 Å². The minimum absolute atomic E-state index is 0.702. The van der Waals surface area contributed by atoms with Crippen LogP contribution in [-0.4, -0.2) is 12.3 Å². The molecule has 0 amide bonds. The predicted octanol–water partition coefficient (Wildman–Crippen LogP) is 4.77. The van der Waals surface area contributed by atoms with Crippen molar-refractivity contribution in [1.29, 1.82) is 0 Å². The second-order valence-electron chi connectivity index (χ2n) is 5.76. The third kappa shape index (κ3) is 6.36. The van der Waals surface area contributed by atoms with Gasteiger partial charge in [-0.1, -0.05) is 56.3 Å². The molecule has 0 heterocycles. The Morgan fingerprint density at radius 1 is 0.952 bits per heavy atom. The number of hydrogen-bond donors (Lipinski definition) is 1. The lowest BCUT2D eigenvalue weighted by molar-refractivity contribution is 0.552. The Balaban J connectivity index is 1.78. The van der Waals surface area contributed by atoms with Crippen LogP contribution in [0.4, 0.5) is 0 Å². The summed E-state index contributed by atoms with van der Waals surface area (Å²) >= 11 is 1.94. The second-order valence-corrected chi connectivity index (χ2v) is 6.92. The second kappa shape index (κ2) is 8.91. The molecule has 2 heteroatoms. The molecule has 0 aliphatic rings. The van der Waals surface area contributed by atoms with Gasteiger partial charge in [0, 0.05) is 17.2 Å². The molecule has 21 heavy (non-hydrogen) atoms. The highest BCUT2D eigenvalue weighted by atomic mass is 32.2. The fraction of sp³-hybridized carbons (Fsp3) is 0.368. The topological polar surface area (TPSA) is 12.0 Å². The van der Waals surface area contributed by atoms with Crippen LogP contribution in [0.2, 0.25) is 0 Å². The van der Waals surface area contributed by atoms with Crippen LogP contribution < -0.4 is 5.32 Å². The first-order chi connectivity index (χ1) is 10.2. The van der Waals surface area contributed by atoms with Crippen molar-refractivity contribution >= 4 is 11.8 Å². The van der Waals surface area contributed by atoms with Gasteiger partial charge < -0.3 is 5.32 Å². The molecule has 0 aliphatic carbocycles. The summed E-state index contributed by atoms with van der Waals surface area (Å²) in [6.07, 6.45) is 1.13. The zero-order valence-electron chi connectivity index (χ0n) is 13.0. The Morgan fingerprint density at radius 2 is 1.71 bits per heavy atom. The quantitative estimate of drug-likeness (QED) is 0.705. The highest BCUT2D eigenvalue weighted by molar-refractivity contribution is 7.99. The summed E-state index contributed by atoms with van der Waals surface area (Å²) in [6.45, 7) is 6.52. The summed E-state index contributed by atoms with van der Waals surface area (Å²) in [5, 5.41) is 3.50. The maximum absolute atomic E-state index is 3.50. The number of rotatable bonds is 8. The predicted molar refractivity (Wildman–Crippen MR) is 93.9 cm³/mol. The van der Waals surface area contributed by atoms with Crippen molar-refractivity contribution in [3.8, 4) is 0 Å². The fourth-order valence-corrected chi connectivity index (χ4v) is 3.16. The van der Waals surface area contributed by atoms with Gasteiger partial charge >= 0.3 is 0 Å². The van der Waals surface area contributed by atoms with Crippen LogP contribution in [0.5, 0.6) is 0 Å². The van der Waals surface area contributed by atoms with E-state index in [0.29, 0.717) is 5.92 Å². The molecule has 0 saturated carbocycles. The Labute approximate surface area is 133 Å². The third-order valence-corrected chi connectivity index (χ3v) is 4.28. The van der Waals surface area contributed by atoms with Crippen LogP contribution in [0.15, 0.2) is 59.5 Å². The van der Waals surface area contributed by atoms with E-state index in [0.717, 1.165) is 25.3 Å². The molecule has 2 aromatic rings. The smallest absolute Gasteiger partial charge is 0.0206 e. The number of benzene rings is 2. The van der Waals surface area contributed by atoms with Crippen molar-refractivity contribution in [2.24, 2.45) is 5.92 Å². The molecule has 0 bridgehead atoms. The van der Waals surface area contributed by atoms with E-state index in [1.54, 1.807) is 0 Å². The van der Waals surface area contributed by atoms with Crippen LogP contribution in [0.1, 0.15) is 25.0 Å². The van der Waals surface area contributed by atoms with Crippen molar-refractivity contribution < 1.29 is 0 Å². The van der Waals surface area contributed by atoms with Gasteiger partial charge in [0.05, 0.1) is 0 Å². The van der Waals surface area contributed by atoms with E-state index >= 15 is 0 Å². The summed E-state index contributed by atoms with van der Waals surface area (Å²) in [6, 6.07) is 19.6. The van der Waals surface area contributed by atoms with Crippen molar-refractivity contribution in [1.82, 2.24) is 5.32 Å². The summed E-state index contributed by atoms with van der Waals surface area (Å²) in [7, 11) is 0. The summed E-state index contributed by atoms with van der Waals surface area (Å²) in [4.78, 5) is 1.37. The average molecular weight is 299 g/mol. The maximum Gasteiger partial charge on any atom is 0.0206 e. The van der Waals surface area contributed by atoms with E-state index in [2.05, 4.69) is 73.8 Å². The largest absolute Gasteiger partial charge is 0.312 e. The lowest BCUT2D eigenvalue weighted by Gasteiger charge is -2.09. The van der Waals surface area contributed by atoms with Gasteiger partial charge in [0.1, 0.15) is 0 Å². The van der Waals surface area contributed by atoms with E-state index in [1.165, 1.54) is 16.0 Å². The molecule has 0 unspecified atom stereocenters. The Kier molecular flexibility index (Phi) is 6.84. The molecule has 0 aromatic heterocycles. The molecule has 0 atom stereocenters. The molecular formula is C19H25NS. The van der Waals surface area contributed by atoms with E-state index < -0.39 is 0 Å². The molecule has 2 aromatic carbocycles. The molecule has 0 radical (unpaired) electrons. The molecule has 0 fully saturated rings. The maximum atomic E-state index is 3.50. The van der Waals surface area contributed by atoms with Crippen LogP contribution in [0, 0.1) is 5.92 Å². The van der Waals surface area contributed by atoms with Gasteiger partial charge in [-0.15, -0.1) is 11.8 Å². The lowest BCUT2D eigenvalue weighted by Crippen LogP contribution is -2.18. The van der Waals surface area contributed by atoms with Gasteiger partial charge in [0.25, 0.3) is 0 Å². The first kappa shape index (κ1) is 16.1. The van der Waals surface area contributed by atoms with Gasteiger partial charge in [-0.3, -0.25) is 0 Å². The fourth-order valence-electron chi connectivity index (χ4n) is 2.18. The average Bonchev–Trinajstić information content (AvgIpc) is 2.48. The van der Waals surface area contributed by atoms with E-state index in [-0.39, 0.29) is 0 Å². The highest BCUT2D eigenvalue weighted by Crippen LogP contribution is 2.20. The third-order valence-electron chi connectivity index (χ3n) is 3.28. The molecule has 0 aliphatic heterocycles. The van der Waals surface area contributed by atoms with Crippen molar-refractivity contribution in [2.45, 2.75) is 31.7 Å². The SMILES string of the molecule is CC(C)CNCc1cccc(SCCc2ccccc2)c1. The minimum Gasteiger partial charge on any atom is -0.312 e. The summed E-state index contributed by atoms with van der Waals surface area (Å²) in [5.74, 6) is 1.83. The normalized spacial score (nSPS) is 11.0. The zero-order valence-corrected chi connectivity index (χ0v) is 13.8. The Morgan fingerprint density at radius 3 is 2.48 bits per heavy atom. The van der Waals surface area contributed by atoms with Gasteiger partial charge in [0.15, 0.2) is 0 Å². The van der Waals surface area contributed by atoms with E-state index in [9.17, 15) is 0 Å². The molecule has 2 rings (SSSR count). The summed E-state index contributed by atoms with van der Waals surface area (Å²) in [5.41, 5.74) is 2.79. The number of aryl methyl sites for hydroxylation is 1. The van der Waals surface area contributed by atoms with E-state index in [4.69, 9.17) is 0 Å². The zero-order chi connectivity index (χ0) is 14.9. The molecule has 0 spiro atoms. The number of nitrogens with one attached hydrogen (secondary N) is 1. The van der Waals surface area contributed by atoms with Gasteiger partial charge in [-0.25, -0.2) is 0 Å². The van der Waals surface area contributed by atoms with Crippen LogP contribution in [0.3, 0.4) is 0 Å². The van der Waals surface area contributed by atoms with E-state index in [1.807, 2.05) is 11.8 Å². The van der Waals surface area contributed by atoms with Crippen molar-refractivity contribution in [2.75, 3.05) is 12.3 Å². The monoisotopic (exact) mass is 299 g/mol. The first-order valence-electron chi connectivity index (χ1n) is 7.70. The Bertz CT molecular complexity index is 522. The molecule has 0 saturated heterocycles. The molecule has 1 nitrogen and oxygen atoms in total. The molecule has 112 valence electrons. The summed E-state index contributed by atoms with van der Waals surface area (Å²) < 4.78 is 0. The van der Waals surface area contributed by atoms with Crippen molar-refractivity contribution in [3.63, 3.8) is 0 Å². The number of hydrogen-bond acceptors (Lipinski definition) is 2. The molecule has 1 N–H and O–H groups in total. The minimum atomic E-state index is 0.702. The first-order valence-corrected chi connectivity index (χ1v) is 8.69. The van der Waals surface area contributed by atoms with Crippen LogP contribution in [0.25, 0.3) is 0 Å².